The zero-order valence-corrected chi connectivity index (χ0v) is 4.67. The van der Waals surface area contributed by atoms with Crippen LogP contribution in [0, 0.1) is 0 Å². The molecule has 2 radical (unpaired) electrons. The van der Waals surface area contributed by atoms with Gasteiger partial charge in [-0.1, -0.05) is 0 Å². The van der Waals surface area contributed by atoms with Crippen molar-refractivity contribution in [3.63, 3.8) is 0 Å². The standard InChI is InChI=1S/C6H6B2/c7-4-6-2-1-3-8-5-6/h1-3,5H,4H2. The third-order valence-corrected chi connectivity index (χ3v) is 1.08. The number of hydrogen-bond acceptors (Lipinski definition) is 0. The Morgan fingerprint density at radius 3 is 2.88 bits per heavy atom. The molecule has 0 spiro atoms. The van der Waals surface area contributed by atoms with Crippen LogP contribution in [0.4, 0.5) is 0 Å². The van der Waals surface area contributed by atoms with Gasteiger partial charge in [0, 0.05) is 0 Å². The van der Waals surface area contributed by atoms with E-state index in [1.807, 2.05) is 31.0 Å². The molecule has 0 atom stereocenters. The van der Waals surface area contributed by atoms with Gasteiger partial charge in [-0.2, -0.15) is 0 Å². The maximum absolute atomic E-state index is 5.35. The Labute approximate surface area is 51.5 Å². The Morgan fingerprint density at radius 2 is 2.50 bits per heavy atom. The number of hydrogen-bond donors (Lipinski definition) is 0. The van der Waals surface area contributed by atoms with Gasteiger partial charge in [-0.3, -0.25) is 0 Å². The monoisotopic (exact) mass is 100 g/mol. The molecule has 0 aliphatic heterocycles. The molecular formula is C6H6B2. The SMILES string of the molecule is [B]Cc1cbccc1. The Bertz CT molecular complexity index is 148. The molecule has 0 aliphatic carbocycles. The molecule has 0 amide bonds. The molecule has 0 bridgehead atoms. The first-order chi connectivity index (χ1) is 3.93. The van der Waals surface area contributed by atoms with Crippen molar-refractivity contribution in [1.29, 1.82) is 0 Å². The molecule has 1 heterocycles. The second-order valence-corrected chi connectivity index (χ2v) is 1.69. The summed E-state index contributed by atoms with van der Waals surface area (Å²) in [7, 11) is 5.35. The molecule has 1 rings (SSSR count). The van der Waals surface area contributed by atoms with Crippen LogP contribution in [0.25, 0.3) is 0 Å². The van der Waals surface area contributed by atoms with Crippen molar-refractivity contribution in [2.24, 2.45) is 0 Å². The molecular weight excluding hydrogens is 93.7 g/mol. The second kappa shape index (κ2) is 2.71. The van der Waals surface area contributed by atoms with Gasteiger partial charge < -0.3 is 0 Å². The summed E-state index contributed by atoms with van der Waals surface area (Å²) in [6, 6.07) is 4.00. The van der Waals surface area contributed by atoms with Crippen LogP contribution in [0.1, 0.15) is 5.56 Å². The summed E-state index contributed by atoms with van der Waals surface area (Å²) in [5, 5.41) is 0. The number of rotatable bonds is 1. The van der Waals surface area contributed by atoms with Gasteiger partial charge in [0.25, 0.3) is 0 Å². The average molecular weight is 99.7 g/mol. The van der Waals surface area contributed by atoms with E-state index in [0.717, 1.165) is 0 Å². The summed E-state index contributed by atoms with van der Waals surface area (Å²) in [5.74, 6) is 4.00. The van der Waals surface area contributed by atoms with Gasteiger partial charge >= 0.3 is 50.7 Å². The van der Waals surface area contributed by atoms with Gasteiger partial charge in [0.2, 0.25) is 0 Å². The van der Waals surface area contributed by atoms with Gasteiger partial charge in [0.05, 0.1) is 0 Å². The van der Waals surface area contributed by atoms with E-state index >= 15 is 0 Å². The molecule has 2 heteroatoms. The Morgan fingerprint density at radius 1 is 1.62 bits per heavy atom. The summed E-state index contributed by atoms with van der Waals surface area (Å²) >= 11 is 0. The zero-order chi connectivity index (χ0) is 5.82. The molecule has 36 valence electrons. The van der Waals surface area contributed by atoms with E-state index in [-0.39, 0.29) is 0 Å². The first kappa shape index (κ1) is 5.61. The summed E-state index contributed by atoms with van der Waals surface area (Å²) < 4.78 is 0. The minimum absolute atomic E-state index is 0.640. The van der Waals surface area contributed by atoms with E-state index in [9.17, 15) is 0 Å². The van der Waals surface area contributed by atoms with Crippen LogP contribution in [-0.2, 0) is 6.32 Å². The van der Waals surface area contributed by atoms with Crippen LogP contribution in [0.2, 0.25) is 0 Å². The van der Waals surface area contributed by atoms with E-state index in [1.54, 1.807) is 0 Å². The van der Waals surface area contributed by atoms with Gasteiger partial charge in [-0.05, 0) is 0 Å². The van der Waals surface area contributed by atoms with Crippen molar-refractivity contribution < 1.29 is 0 Å². The van der Waals surface area contributed by atoms with Crippen molar-refractivity contribution in [3.8, 4) is 0 Å². The van der Waals surface area contributed by atoms with Crippen molar-refractivity contribution in [3.05, 3.63) is 29.6 Å². The quantitative estimate of drug-likeness (QED) is 0.455. The van der Waals surface area contributed by atoms with Gasteiger partial charge in [0.15, 0.2) is 0 Å². The maximum atomic E-state index is 5.35. The molecule has 0 nitrogen and oxygen atoms in total. The van der Waals surface area contributed by atoms with Gasteiger partial charge in [-0.15, -0.1) is 0 Å². The normalized spacial score (nSPS) is 8.50. The molecule has 0 saturated heterocycles. The zero-order valence-electron chi connectivity index (χ0n) is 4.67. The van der Waals surface area contributed by atoms with Crippen molar-refractivity contribution in [2.45, 2.75) is 6.32 Å². The van der Waals surface area contributed by atoms with Crippen molar-refractivity contribution in [1.82, 2.24) is 0 Å². The van der Waals surface area contributed by atoms with Gasteiger partial charge in [0.1, 0.15) is 0 Å². The summed E-state index contributed by atoms with van der Waals surface area (Å²) in [4.78, 5) is 0. The fourth-order valence-corrected chi connectivity index (χ4v) is 0.614. The molecule has 0 saturated carbocycles. The first-order valence-corrected chi connectivity index (χ1v) is 2.67. The van der Waals surface area contributed by atoms with Crippen LogP contribution in [0.15, 0.2) is 24.1 Å². The van der Waals surface area contributed by atoms with Crippen LogP contribution in [0.5, 0.6) is 0 Å². The van der Waals surface area contributed by atoms with E-state index in [2.05, 4.69) is 0 Å². The van der Waals surface area contributed by atoms with E-state index in [0.29, 0.717) is 6.32 Å². The predicted octanol–water partition coefficient (Wildman–Crippen LogP) is 0.693. The molecule has 0 N–H and O–H groups in total. The van der Waals surface area contributed by atoms with Crippen molar-refractivity contribution in [2.75, 3.05) is 0 Å². The van der Waals surface area contributed by atoms with E-state index in [1.165, 1.54) is 5.56 Å². The fraction of sp³-hybridized carbons (Fsp3) is 0.167. The Kier molecular flexibility index (Phi) is 1.90. The van der Waals surface area contributed by atoms with Crippen LogP contribution in [0.3, 0.4) is 0 Å². The Hall–Kier alpha value is -0.520. The summed E-state index contributed by atoms with van der Waals surface area (Å²) in [6.45, 7) is 1.99. The van der Waals surface area contributed by atoms with E-state index < -0.39 is 0 Å². The fourth-order valence-electron chi connectivity index (χ4n) is 0.614. The van der Waals surface area contributed by atoms with Crippen molar-refractivity contribution >= 4 is 14.8 Å². The third-order valence-electron chi connectivity index (χ3n) is 1.08. The van der Waals surface area contributed by atoms with Gasteiger partial charge in [-0.25, -0.2) is 0 Å². The average Bonchev–Trinajstić information content (AvgIpc) is 1.90. The molecule has 1 aromatic heterocycles. The first-order valence-electron chi connectivity index (χ1n) is 2.67. The van der Waals surface area contributed by atoms with E-state index in [4.69, 9.17) is 7.85 Å². The molecule has 1 aromatic rings. The van der Waals surface area contributed by atoms with Crippen LogP contribution in [-0.4, -0.2) is 14.8 Å². The minimum atomic E-state index is 0.640. The summed E-state index contributed by atoms with van der Waals surface area (Å²) in [6.07, 6.45) is 0.640. The van der Waals surface area contributed by atoms with Crippen LogP contribution >= 0.6 is 0 Å². The molecule has 8 heavy (non-hydrogen) atoms. The van der Waals surface area contributed by atoms with Crippen LogP contribution < -0.4 is 0 Å². The molecule has 0 aliphatic rings. The third kappa shape index (κ3) is 1.22. The molecule has 0 aromatic carbocycles. The predicted molar refractivity (Wildman–Crippen MR) is 37.2 cm³/mol. The summed E-state index contributed by atoms with van der Waals surface area (Å²) in [5.41, 5.74) is 1.19. The second-order valence-electron chi connectivity index (χ2n) is 1.69. The molecule has 0 unspecified atom stereocenters. The Balaban J connectivity index is 2.83. The molecule has 0 fully saturated rings. The topological polar surface area (TPSA) is 0 Å².